The summed E-state index contributed by atoms with van der Waals surface area (Å²) in [5.74, 6) is -0.925. The van der Waals surface area contributed by atoms with E-state index in [0.717, 1.165) is 31.5 Å². The van der Waals surface area contributed by atoms with E-state index >= 15 is 0 Å². The van der Waals surface area contributed by atoms with Gasteiger partial charge in [0.05, 0.1) is 5.69 Å². The summed E-state index contributed by atoms with van der Waals surface area (Å²) in [6, 6.07) is 11.6. The van der Waals surface area contributed by atoms with Gasteiger partial charge in [0.1, 0.15) is 17.3 Å². The van der Waals surface area contributed by atoms with Crippen LogP contribution in [-0.2, 0) is 9.59 Å². The number of rotatable bonds is 7. The first-order valence-corrected chi connectivity index (χ1v) is 9.06. The van der Waals surface area contributed by atoms with Gasteiger partial charge in [0.2, 0.25) is 5.91 Å². The summed E-state index contributed by atoms with van der Waals surface area (Å²) in [6.45, 7) is 1.51. The maximum atomic E-state index is 14.3. The number of halogens is 1. The first-order valence-electron chi connectivity index (χ1n) is 9.06. The van der Waals surface area contributed by atoms with Crippen LogP contribution in [0.2, 0.25) is 0 Å². The minimum atomic E-state index is -0.554. The zero-order valence-electron chi connectivity index (χ0n) is 15.4. The van der Waals surface area contributed by atoms with Crippen LogP contribution in [0.3, 0.4) is 0 Å². The van der Waals surface area contributed by atoms with Gasteiger partial charge in [0.25, 0.3) is 5.91 Å². The third kappa shape index (κ3) is 5.09. The average Bonchev–Trinajstić information content (AvgIpc) is 3.21. The lowest BCUT2D eigenvalue weighted by atomic mass is 10.2. The molecule has 1 fully saturated rings. The number of hydrogen-bond donors (Lipinski definition) is 2. The Kier molecular flexibility index (Phi) is 6.26. The quantitative estimate of drug-likeness (QED) is 0.720. The Balaban J connectivity index is 1.65. The molecule has 0 aliphatic carbocycles. The molecule has 0 radical (unpaired) electrons. The van der Waals surface area contributed by atoms with Crippen molar-refractivity contribution in [1.29, 1.82) is 0 Å². The smallest absolute Gasteiger partial charge is 0.255 e. The van der Waals surface area contributed by atoms with Crippen molar-refractivity contribution in [3.63, 3.8) is 0 Å². The molecule has 0 atom stereocenters. The normalized spacial score (nSPS) is 13.7. The molecule has 3 N–H and O–H groups in total. The van der Waals surface area contributed by atoms with Crippen LogP contribution < -0.4 is 20.7 Å². The lowest BCUT2D eigenvalue weighted by Gasteiger charge is -2.21. The monoisotopic (exact) mass is 383 g/mol. The molecule has 3 rings (SSSR count). The molecule has 1 aliphatic rings. The first-order chi connectivity index (χ1) is 13.5. The predicted octanol–water partition coefficient (Wildman–Crippen LogP) is 2.94. The first kappa shape index (κ1) is 19.4. The number of hydrogen-bond acceptors (Lipinski definition) is 4. The van der Waals surface area contributed by atoms with E-state index in [9.17, 15) is 14.0 Å². The van der Waals surface area contributed by atoms with E-state index < -0.39 is 17.6 Å². The zero-order chi connectivity index (χ0) is 19.9. The number of carbonyl (C=O) groups excluding carboxylic acids is 2. The van der Waals surface area contributed by atoms with Gasteiger partial charge in [-0.05, 0) is 48.7 Å². The van der Waals surface area contributed by atoms with Gasteiger partial charge in [0.15, 0.2) is 6.61 Å². The van der Waals surface area contributed by atoms with Crippen molar-refractivity contribution in [2.45, 2.75) is 12.8 Å². The second-order valence-corrected chi connectivity index (χ2v) is 6.47. The number of nitrogens with one attached hydrogen (secondary N) is 1. The van der Waals surface area contributed by atoms with Crippen LogP contribution in [0.25, 0.3) is 6.08 Å². The van der Waals surface area contributed by atoms with Gasteiger partial charge in [-0.2, -0.15) is 0 Å². The average molecular weight is 383 g/mol. The Morgan fingerprint density at radius 2 is 1.86 bits per heavy atom. The summed E-state index contributed by atoms with van der Waals surface area (Å²) in [7, 11) is 0. The lowest BCUT2D eigenvalue weighted by molar-refractivity contribution is -0.120. The van der Waals surface area contributed by atoms with Crippen LogP contribution >= 0.6 is 0 Å². The van der Waals surface area contributed by atoms with E-state index in [2.05, 4.69) is 10.2 Å². The number of amides is 2. The van der Waals surface area contributed by atoms with Gasteiger partial charge in [-0.3, -0.25) is 9.59 Å². The molecule has 0 saturated carbocycles. The predicted molar refractivity (Wildman–Crippen MR) is 107 cm³/mol. The fourth-order valence-electron chi connectivity index (χ4n) is 3.02. The van der Waals surface area contributed by atoms with Crippen LogP contribution in [-0.4, -0.2) is 31.5 Å². The summed E-state index contributed by atoms with van der Waals surface area (Å²) >= 11 is 0. The van der Waals surface area contributed by atoms with E-state index in [0.29, 0.717) is 11.4 Å². The fourth-order valence-corrected chi connectivity index (χ4v) is 3.02. The molecule has 2 amide bonds. The Hall–Kier alpha value is -3.35. The maximum absolute atomic E-state index is 14.3. The highest BCUT2D eigenvalue weighted by molar-refractivity contribution is 6.04. The Bertz CT molecular complexity index is 875. The van der Waals surface area contributed by atoms with Gasteiger partial charge in [0, 0.05) is 19.2 Å². The van der Waals surface area contributed by atoms with E-state index in [1.165, 1.54) is 12.1 Å². The summed E-state index contributed by atoms with van der Waals surface area (Å²) in [4.78, 5) is 25.1. The minimum absolute atomic E-state index is 0.195. The summed E-state index contributed by atoms with van der Waals surface area (Å²) in [5, 5.41) is 2.65. The second-order valence-electron chi connectivity index (χ2n) is 6.47. The van der Waals surface area contributed by atoms with E-state index in [1.807, 2.05) is 6.07 Å². The van der Waals surface area contributed by atoms with Crippen LogP contribution in [0.4, 0.5) is 15.8 Å². The van der Waals surface area contributed by atoms with Crippen LogP contribution in [0.15, 0.2) is 48.5 Å². The molecule has 0 unspecified atom stereocenters. The zero-order valence-corrected chi connectivity index (χ0v) is 15.4. The summed E-state index contributed by atoms with van der Waals surface area (Å²) in [6.07, 6.45) is 5.08. The molecule has 6 nitrogen and oxygen atoms in total. The molecule has 2 aromatic carbocycles. The molecule has 146 valence electrons. The summed E-state index contributed by atoms with van der Waals surface area (Å²) in [5.41, 5.74) is 6.69. The van der Waals surface area contributed by atoms with Crippen molar-refractivity contribution in [1.82, 2.24) is 0 Å². The van der Waals surface area contributed by atoms with Crippen molar-refractivity contribution >= 4 is 29.3 Å². The highest BCUT2D eigenvalue weighted by Gasteiger charge is 2.19. The lowest BCUT2D eigenvalue weighted by Crippen LogP contribution is -2.21. The Labute approximate surface area is 162 Å². The van der Waals surface area contributed by atoms with Crippen molar-refractivity contribution in [2.24, 2.45) is 5.73 Å². The molecule has 28 heavy (non-hydrogen) atoms. The molecule has 1 saturated heterocycles. The van der Waals surface area contributed by atoms with Crippen molar-refractivity contribution in [3.05, 3.63) is 59.9 Å². The number of carbonyl (C=O) groups is 2. The molecule has 7 heteroatoms. The summed E-state index contributed by atoms with van der Waals surface area (Å²) < 4.78 is 19.5. The molecule has 2 aromatic rings. The number of nitrogens with zero attached hydrogens (tertiary/aromatic N) is 1. The minimum Gasteiger partial charge on any atom is -0.484 e. The van der Waals surface area contributed by atoms with Crippen LogP contribution in [0.5, 0.6) is 5.75 Å². The maximum Gasteiger partial charge on any atom is 0.255 e. The highest BCUT2D eigenvalue weighted by Crippen LogP contribution is 2.31. The van der Waals surface area contributed by atoms with E-state index in [-0.39, 0.29) is 12.3 Å². The Morgan fingerprint density at radius 3 is 2.54 bits per heavy atom. The number of nitrogens with two attached hydrogens (primary N) is 1. The van der Waals surface area contributed by atoms with Gasteiger partial charge in [-0.1, -0.05) is 18.2 Å². The van der Waals surface area contributed by atoms with Crippen molar-refractivity contribution < 1.29 is 18.7 Å². The van der Waals surface area contributed by atoms with Crippen LogP contribution in [0.1, 0.15) is 18.4 Å². The molecular formula is C21H22FN3O3. The van der Waals surface area contributed by atoms with Crippen molar-refractivity contribution in [2.75, 3.05) is 29.9 Å². The number of benzene rings is 2. The molecule has 0 spiro atoms. The molecular weight excluding hydrogens is 361 g/mol. The highest BCUT2D eigenvalue weighted by atomic mass is 19.1. The third-order valence-corrected chi connectivity index (χ3v) is 4.37. The van der Waals surface area contributed by atoms with E-state index in [4.69, 9.17) is 10.5 Å². The number of anilines is 2. The van der Waals surface area contributed by atoms with Gasteiger partial charge < -0.3 is 20.7 Å². The standard InChI is InChI=1S/C21H22FN3O3/c22-17-4-3-5-18(25-12-1-2-13-25)21(17)24-20(27)11-8-15-6-9-16(10-7-15)28-14-19(23)26/h3-11H,1-2,12-14H2,(H2,23,26)(H,24,27). The fraction of sp³-hybridized carbons (Fsp3) is 0.238. The number of ether oxygens (including phenoxy) is 1. The second kappa shape index (κ2) is 9.03. The number of para-hydroxylation sites is 1. The third-order valence-electron chi connectivity index (χ3n) is 4.37. The molecule has 1 heterocycles. The SMILES string of the molecule is NC(=O)COc1ccc(C=CC(=O)Nc2c(F)cccc2N2CCCC2)cc1. The molecule has 1 aliphatic heterocycles. The topological polar surface area (TPSA) is 84.7 Å². The largest absolute Gasteiger partial charge is 0.484 e. The number of primary amides is 1. The van der Waals surface area contributed by atoms with Crippen molar-refractivity contribution in [3.8, 4) is 5.75 Å². The van der Waals surface area contributed by atoms with Gasteiger partial charge in [-0.25, -0.2) is 4.39 Å². The Morgan fingerprint density at radius 1 is 1.14 bits per heavy atom. The van der Waals surface area contributed by atoms with Crippen LogP contribution in [0, 0.1) is 5.82 Å². The van der Waals surface area contributed by atoms with E-state index in [1.54, 1.807) is 36.4 Å². The van der Waals surface area contributed by atoms with Gasteiger partial charge in [-0.15, -0.1) is 0 Å². The molecule has 0 bridgehead atoms. The molecule has 0 aromatic heterocycles. The van der Waals surface area contributed by atoms with Gasteiger partial charge >= 0.3 is 0 Å².